The molecule has 1 atom stereocenters. The Morgan fingerprint density at radius 2 is 2.40 bits per heavy atom. The van der Waals surface area contributed by atoms with Crippen LogP contribution >= 0.6 is 0 Å². The molecule has 0 spiro atoms. The second-order valence-electron chi connectivity index (χ2n) is 3.47. The van der Waals surface area contributed by atoms with Crippen LogP contribution in [0.25, 0.3) is 0 Å². The molecule has 84 valence electrons. The summed E-state index contributed by atoms with van der Waals surface area (Å²) in [4.78, 5) is 4.13. The zero-order valence-corrected chi connectivity index (χ0v) is 9.57. The Morgan fingerprint density at radius 3 is 3.00 bits per heavy atom. The lowest BCUT2D eigenvalue weighted by Gasteiger charge is -2.15. The van der Waals surface area contributed by atoms with Gasteiger partial charge in [-0.1, -0.05) is 6.07 Å². The first kappa shape index (κ1) is 12.1. The smallest absolute Gasteiger partial charge is 0.0466 e. The Bertz CT molecular complexity index is 251. The number of pyridine rings is 1. The zero-order chi connectivity index (χ0) is 10.9. The Kier molecular flexibility index (Phi) is 5.97. The SMILES string of the molecule is CCOCCCC(NC)c1cccnc1. The van der Waals surface area contributed by atoms with E-state index in [0.717, 1.165) is 26.1 Å². The fraction of sp³-hybridized carbons (Fsp3) is 0.583. The van der Waals surface area contributed by atoms with E-state index in [2.05, 4.69) is 16.4 Å². The van der Waals surface area contributed by atoms with Gasteiger partial charge in [0, 0.05) is 31.6 Å². The number of aromatic nitrogens is 1. The average molecular weight is 208 g/mol. The summed E-state index contributed by atoms with van der Waals surface area (Å²) in [6.07, 6.45) is 5.88. The van der Waals surface area contributed by atoms with Crippen molar-refractivity contribution in [2.75, 3.05) is 20.3 Å². The summed E-state index contributed by atoms with van der Waals surface area (Å²) in [5.74, 6) is 0. The number of nitrogens with one attached hydrogen (secondary N) is 1. The van der Waals surface area contributed by atoms with E-state index < -0.39 is 0 Å². The van der Waals surface area contributed by atoms with E-state index in [1.807, 2.05) is 26.2 Å². The van der Waals surface area contributed by atoms with Crippen molar-refractivity contribution in [2.45, 2.75) is 25.8 Å². The van der Waals surface area contributed by atoms with E-state index in [1.165, 1.54) is 5.56 Å². The first-order valence-electron chi connectivity index (χ1n) is 5.53. The highest BCUT2D eigenvalue weighted by Crippen LogP contribution is 2.16. The molecule has 0 fully saturated rings. The molecule has 0 bridgehead atoms. The Balaban J connectivity index is 2.36. The van der Waals surface area contributed by atoms with Crippen molar-refractivity contribution < 1.29 is 4.74 Å². The topological polar surface area (TPSA) is 34.1 Å². The molecule has 15 heavy (non-hydrogen) atoms. The van der Waals surface area contributed by atoms with E-state index >= 15 is 0 Å². The Morgan fingerprint density at radius 1 is 1.53 bits per heavy atom. The molecule has 3 heteroatoms. The molecule has 0 amide bonds. The third kappa shape index (κ3) is 4.40. The maximum Gasteiger partial charge on any atom is 0.0466 e. The molecular weight excluding hydrogens is 188 g/mol. The van der Waals surface area contributed by atoms with Crippen molar-refractivity contribution >= 4 is 0 Å². The van der Waals surface area contributed by atoms with Crippen LogP contribution in [0.2, 0.25) is 0 Å². The number of hydrogen-bond acceptors (Lipinski definition) is 3. The lowest BCUT2D eigenvalue weighted by Crippen LogP contribution is -2.17. The highest BCUT2D eigenvalue weighted by molar-refractivity contribution is 5.13. The van der Waals surface area contributed by atoms with Crippen LogP contribution in [-0.4, -0.2) is 25.2 Å². The van der Waals surface area contributed by atoms with Crippen molar-refractivity contribution in [1.29, 1.82) is 0 Å². The van der Waals surface area contributed by atoms with Gasteiger partial charge in [0.15, 0.2) is 0 Å². The second kappa shape index (κ2) is 7.37. The summed E-state index contributed by atoms with van der Waals surface area (Å²) >= 11 is 0. The predicted molar refractivity (Wildman–Crippen MR) is 61.8 cm³/mol. The van der Waals surface area contributed by atoms with E-state index in [-0.39, 0.29) is 0 Å². The lowest BCUT2D eigenvalue weighted by molar-refractivity contribution is 0.141. The quantitative estimate of drug-likeness (QED) is 0.697. The second-order valence-corrected chi connectivity index (χ2v) is 3.47. The molecule has 1 aromatic heterocycles. The molecule has 0 aliphatic rings. The molecule has 0 radical (unpaired) electrons. The number of nitrogens with zero attached hydrogens (tertiary/aromatic N) is 1. The van der Waals surface area contributed by atoms with Gasteiger partial charge in [0.05, 0.1) is 0 Å². The third-order valence-corrected chi connectivity index (χ3v) is 2.42. The molecule has 1 N–H and O–H groups in total. The van der Waals surface area contributed by atoms with Crippen molar-refractivity contribution in [3.63, 3.8) is 0 Å². The van der Waals surface area contributed by atoms with Crippen molar-refractivity contribution in [3.8, 4) is 0 Å². The van der Waals surface area contributed by atoms with Crippen LogP contribution < -0.4 is 5.32 Å². The van der Waals surface area contributed by atoms with E-state index in [1.54, 1.807) is 6.20 Å². The molecule has 0 aliphatic heterocycles. The fourth-order valence-electron chi connectivity index (χ4n) is 1.59. The van der Waals surface area contributed by atoms with Crippen molar-refractivity contribution in [1.82, 2.24) is 10.3 Å². The number of rotatable bonds is 7. The van der Waals surface area contributed by atoms with Crippen molar-refractivity contribution in [3.05, 3.63) is 30.1 Å². The maximum atomic E-state index is 5.32. The van der Waals surface area contributed by atoms with Crippen LogP contribution in [0.5, 0.6) is 0 Å². The van der Waals surface area contributed by atoms with Crippen LogP contribution in [-0.2, 0) is 4.74 Å². The lowest BCUT2D eigenvalue weighted by atomic mass is 10.0. The predicted octanol–water partition coefficient (Wildman–Crippen LogP) is 2.16. The summed E-state index contributed by atoms with van der Waals surface area (Å²) in [6, 6.07) is 4.47. The van der Waals surface area contributed by atoms with Crippen molar-refractivity contribution in [2.24, 2.45) is 0 Å². The summed E-state index contributed by atoms with van der Waals surface area (Å²) < 4.78 is 5.32. The molecule has 0 aliphatic carbocycles. The molecule has 1 rings (SSSR count). The number of ether oxygens (including phenoxy) is 1. The molecular formula is C12H20N2O. The van der Waals surface area contributed by atoms with Gasteiger partial charge in [0.25, 0.3) is 0 Å². The minimum Gasteiger partial charge on any atom is -0.382 e. The largest absolute Gasteiger partial charge is 0.382 e. The van der Waals surface area contributed by atoms with Gasteiger partial charge in [-0.2, -0.15) is 0 Å². The van der Waals surface area contributed by atoms with Gasteiger partial charge >= 0.3 is 0 Å². The highest BCUT2D eigenvalue weighted by atomic mass is 16.5. The third-order valence-electron chi connectivity index (χ3n) is 2.42. The van der Waals surface area contributed by atoms with Gasteiger partial charge in [0.1, 0.15) is 0 Å². The zero-order valence-electron chi connectivity index (χ0n) is 9.57. The summed E-state index contributed by atoms with van der Waals surface area (Å²) in [6.45, 7) is 3.67. The van der Waals surface area contributed by atoms with Crippen LogP contribution in [0.15, 0.2) is 24.5 Å². The molecule has 1 unspecified atom stereocenters. The van der Waals surface area contributed by atoms with Gasteiger partial charge in [-0.3, -0.25) is 4.98 Å². The van der Waals surface area contributed by atoms with Crippen LogP contribution in [0, 0.1) is 0 Å². The molecule has 0 saturated carbocycles. The minimum atomic E-state index is 0.388. The van der Waals surface area contributed by atoms with Crippen LogP contribution in [0.1, 0.15) is 31.4 Å². The standard InChI is InChI=1S/C12H20N2O/c1-3-15-9-5-7-12(13-2)11-6-4-8-14-10-11/h4,6,8,10,12-13H,3,5,7,9H2,1-2H3. The van der Waals surface area contributed by atoms with Gasteiger partial charge < -0.3 is 10.1 Å². The van der Waals surface area contributed by atoms with E-state index in [0.29, 0.717) is 6.04 Å². The highest BCUT2D eigenvalue weighted by Gasteiger charge is 2.07. The monoisotopic (exact) mass is 208 g/mol. The van der Waals surface area contributed by atoms with E-state index in [4.69, 9.17) is 4.74 Å². The van der Waals surface area contributed by atoms with Gasteiger partial charge in [-0.05, 0) is 38.4 Å². The van der Waals surface area contributed by atoms with Gasteiger partial charge in [0.2, 0.25) is 0 Å². The minimum absolute atomic E-state index is 0.388. The summed E-state index contributed by atoms with van der Waals surface area (Å²) in [5, 5.41) is 3.30. The summed E-state index contributed by atoms with van der Waals surface area (Å²) in [5.41, 5.74) is 1.25. The Hall–Kier alpha value is -0.930. The Labute approximate surface area is 91.9 Å². The van der Waals surface area contributed by atoms with Crippen LogP contribution in [0.4, 0.5) is 0 Å². The fourth-order valence-corrected chi connectivity index (χ4v) is 1.59. The maximum absolute atomic E-state index is 5.32. The molecule has 3 nitrogen and oxygen atoms in total. The average Bonchev–Trinajstić information content (AvgIpc) is 2.30. The molecule has 0 saturated heterocycles. The summed E-state index contributed by atoms with van der Waals surface area (Å²) in [7, 11) is 1.98. The van der Waals surface area contributed by atoms with Crippen LogP contribution in [0.3, 0.4) is 0 Å². The normalized spacial score (nSPS) is 12.7. The first-order valence-corrected chi connectivity index (χ1v) is 5.53. The number of hydrogen-bond donors (Lipinski definition) is 1. The first-order chi connectivity index (χ1) is 7.38. The molecule has 1 heterocycles. The molecule has 1 aromatic rings. The van der Waals surface area contributed by atoms with Gasteiger partial charge in [-0.25, -0.2) is 0 Å². The van der Waals surface area contributed by atoms with E-state index in [9.17, 15) is 0 Å². The van der Waals surface area contributed by atoms with Gasteiger partial charge in [-0.15, -0.1) is 0 Å². The molecule has 0 aromatic carbocycles.